The highest BCUT2D eigenvalue weighted by Crippen LogP contribution is 2.25. The molecule has 0 saturated carbocycles. The molecule has 0 atom stereocenters. The van der Waals surface area contributed by atoms with E-state index >= 15 is 0 Å². The number of nitrogens with one attached hydrogen (secondary N) is 1. The van der Waals surface area contributed by atoms with Gasteiger partial charge in [-0.25, -0.2) is 4.79 Å². The summed E-state index contributed by atoms with van der Waals surface area (Å²) in [5, 5.41) is 2.86. The lowest BCUT2D eigenvalue weighted by atomic mass is 10.1. The van der Waals surface area contributed by atoms with E-state index in [1.807, 2.05) is 32.9 Å². The molecule has 1 fully saturated rings. The van der Waals surface area contributed by atoms with Crippen LogP contribution in [0.2, 0.25) is 0 Å². The highest BCUT2D eigenvalue weighted by atomic mass is 79.9. The lowest BCUT2D eigenvalue weighted by Gasteiger charge is -2.18. The number of anilines is 1. The van der Waals surface area contributed by atoms with Gasteiger partial charge >= 0.3 is 6.03 Å². The average Bonchev–Trinajstić information content (AvgIpc) is 2.77. The van der Waals surface area contributed by atoms with Crippen molar-refractivity contribution in [3.63, 3.8) is 0 Å². The molecule has 20 heavy (non-hydrogen) atoms. The molecule has 0 aromatic heterocycles. The SMILES string of the molecule is CCN1CN(C(=O)Nc2cc(Br)c(C)cc2C)CC1=O. The molecule has 0 aliphatic carbocycles. The molecule has 6 heteroatoms. The number of likely N-dealkylation sites (N-methyl/N-ethyl adjacent to an activating group) is 1. The van der Waals surface area contributed by atoms with Crippen molar-refractivity contribution in [1.82, 2.24) is 9.80 Å². The first-order chi connectivity index (χ1) is 9.42. The second-order valence-corrected chi connectivity index (χ2v) is 5.79. The number of carbonyl (C=O) groups excluding carboxylic acids is 2. The van der Waals surface area contributed by atoms with Crippen molar-refractivity contribution in [2.45, 2.75) is 20.8 Å². The van der Waals surface area contributed by atoms with Gasteiger partial charge < -0.3 is 10.2 Å². The first kappa shape index (κ1) is 14.8. The van der Waals surface area contributed by atoms with E-state index in [0.29, 0.717) is 13.2 Å². The number of aryl methyl sites for hydroxylation is 2. The van der Waals surface area contributed by atoms with Crippen LogP contribution >= 0.6 is 15.9 Å². The van der Waals surface area contributed by atoms with Crippen LogP contribution in [0.1, 0.15) is 18.1 Å². The Morgan fingerprint density at radius 1 is 1.35 bits per heavy atom. The Hall–Kier alpha value is -1.56. The minimum absolute atomic E-state index is 0.00976. The molecule has 1 aromatic carbocycles. The zero-order chi connectivity index (χ0) is 14.9. The van der Waals surface area contributed by atoms with Crippen LogP contribution in [0, 0.1) is 13.8 Å². The Kier molecular flexibility index (Phi) is 4.32. The van der Waals surface area contributed by atoms with Crippen LogP contribution in [0.25, 0.3) is 0 Å². The monoisotopic (exact) mass is 339 g/mol. The van der Waals surface area contributed by atoms with E-state index in [4.69, 9.17) is 0 Å². The second kappa shape index (κ2) is 5.83. The number of halogens is 1. The molecule has 1 aromatic rings. The molecular weight excluding hydrogens is 322 g/mol. The molecule has 5 nitrogen and oxygen atoms in total. The van der Waals surface area contributed by atoms with Crippen molar-refractivity contribution < 1.29 is 9.59 Å². The van der Waals surface area contributed by atoms with Gasteiger partial charge in [0.25, 0.3) is 0 Å². The topological polar surface area (TPSA) is 52.6 Å². The van der Waals surface area contributed by atoms with E-state index in [9.17, 15) is 9.59 Å². The fourth-order valence-corrected chi connectivity index (χ4v) is 2.51. The average molecular weight is 340 g/mol. The van der Waals surface area contributed by atoms with Gasteiger partial charge in [0.2, 0.25) is 5.91 Å². The number of nitrogens with zero attached hydrogens (tertiary/aromatic N) is 2. The van der Waals surface area contributed by atoms with E-state index in [0.717, 1.165) is 21.3 Å². The molecule has 108 valence electrons. The molecule has 2 rings (SSSR count). The van der Waals surface area contributed by atoms with Gasteiger partial charge in [0.15, 0.2) is 0 Å². The molecule has 3 amide bonds. The minimum Gasteiger partial charge on any atom is -0.324 e. The summed E-state index contributed by atoms with van der Waals surface area (Å²) in [6.07, 6.45) is 0. The van der Waals surface area contributed by atoms with Crippen LogP contribution in [0.4, 0.5) is 10.5 Å². The Balaban J connectivity index is 2.09. The van der Waals surface area contributed by atoms with Gasteiger partial charge in [-0.05, 0) is 38.0 Å². The lowest BCUT2D eigenvalue weighted by Crippen LogP contribution is -2.34. The Bertz CT molecular complexity index is 560. The predicted molar refractivity (Wildman–Crippen MR) is 81.6 cm³/mol. The Labute approximate surface area is 127 Å². The largest absolute Gasteiger partial charge is 0.324 e. The van der Waals surface area contributed by atoms with Crippen LogP contribution in [-0.4, -0.2) is 41.5 Å². The third kappa shape index (κ3) is 2.95. The van der Waals surface area contributed by atoms with E-state index in [-0.39, 0.29) is 18.5 Å². The van der Waals surface area contributed by atoms with Crippen molar-refractivity contribution in [2.75, 3.05) is 25.1 Å². The molecule has 1 heterocycles. The summed E-state index contributed by atoms with van der Waals surface area (Å²) in [7, 11) is 0. The number of hydrogen-bond donors (Lipinski definition) is 1. The number of rotatable bonds is 2. The van der Waals surface area contributed by atoms with Crippen molar-refractivity contribution in [1.29, 1.82) is 0 Å². The summed E-state index contributed by atoms with van der Waals surface area (Å²) < 4.78 is 0.950. The van der Waals surface area contributed by atoms with Gasteiger partial charge in [0.1, 0.15) is 6.54 Å². The lowest BCUT2D eigenvalue weighted by molar-refractivity contribution is -0.126. The fraction of sp³-hybridized carbons (Fsp3) is 0.429. The fourth-order valence-electron chi connectivity index (χ4n) is 2.17. The molecule has 1 N–H and O–H groups in total. The van der Waals surface area contributed by atoms with Crippen molar-refractivity contribution >= 4 is 33.6 Å². The summed E-state index contributed by atoms with van der Waals surface area (Å²) in [5.41, 5.74) is 2.88. The van der Waals surface area contributed by atoms with Gasteiger partial charge in [-0.2, -0.15) is 0 Å². The quantitative estimate of drug-likeness (QED) is 0.900. The van der Waals surface area contributed by atoms with Gasteiger partial charge in [-0.3, -0.25) is 9.69 Å². The maximum Gasteiger partial charge on any atom is 0.323 e. The van der Waals surface area contributed by atoms with Crippen LogP contribution in [0.15, 0.2) is 16.6 Å². The number of hydrogen-bond acceptors (Lipinski definition) is 2. The normalized spacial score (nSPS) is 14.9. The Morgan fingerprint density at radius 3 is 2.65 bits per heavy atom. The van der Waals surface area contributed by atoms with Crippen LogP contribution in [-0.2, 0) is 4.79 Å². The number of carbonyl (C=O) groups is 2. The summed E-state index contributed by atoms with van der Waals surface area (Å²) in [6, 6.07) is 3.65. The molecule has 0 radical (unpaired) electrons. The molecule has 1 aliphatic rings. The third-order valence-corrected chi connectivity index (χ3v) is 4.29. The Morgan fingerprint density at radius 2 is 2.05 bits per heavy atom. The smallest absolute Gasteiger partial charge is 0.323 e. The molecule has 0 bridgehead atoms. The van der Waals surface area contributed by atoms with E-state index in [1.165, 1.54) is 4.90 Å². The molecule has 1 saturated heterocycles. The van der Waals surface area contributed by atoms with Crippen molar-refractivity contribution in [3.8, 4) is 0 Å². The van der Waals surface area contributed by atoms with Gasteiger partial charge in [-0.15, -0.1) is 0 Å². The minimum atomic E-state index is -0.242. The summed E-state index contributed by atoms with van der Waals surface area (Å²) in [6.45, 7) is 6.97. The molecular formula is C14H18BrN3O2. The van der Waals surface area contributed by atoms with Crippen molar-refractivity contribution in [2.24, 2.45) is 0 Å². The highest BCUT2D eigenvalue weighted by Gasteiger charge is 2.29. The summed E-state index contributed by atoms with van der Waals surface area (Å²) >= 11 is 3.46. The number of benzene rings is 1. The van der Waals surface area contributed by atoms with E-state index < -0.39 is 0 Å². The highest BCUT2D eigenvalue weighted by molar-refractivity contribution is 9.10. The second-order valence-electron chi connectivity index (χ2n) is 4.94. The third-order valence-electron chi connectivity index (χ3n) is 3.44. The molecule has 1 aliphatic heterocycles. The zero-order valence-corrected chi connectivity index (χ0v) is 13.5. The first-order valence-corrected chi connectivity index (χ1v) is 7.32. The molecule has 0 unspecified atom stereocenters. The van der Waals surface area contributed by atoms with E-state index in [1.54, 1.807) is 4.90 Å². The summed E-state index contributed by atoms with van der Waals surface area (Å²) in [4.78, 5) is 27.0. The van der Waals surface area contributed by atoms with Gasteiger partial charge in [0, 0.05) is 16.7 Å². The zero-order valence-electron chi connectivity index (χ0n) is 11.9. The maximum atomic E-state index is 12.2. The first-order valence-electron chi connectivity index (χ1n) is 6.52. The van der Waals surface area contributed by atoms with Crippen molar-refractivity contribution in [3.05, 3.63) is 27.7 Å². The van der Waals surface area contributed by atoms with Crippen LogP contribution in [0.3, 0.4) is 0 Å². The van der Waals surface area contributed by atoms with Crippen LogP contribution < -0.4 is 5.32 Å². The number of urea groups is 1. The van der Waals surface area contributed by atoms with Crippen LogP contribution in [0.5, 0.6) is 0 Å². The predicted octanol–water partition coefficient (Wildman–Crippen LogP) is 2.72. The standard InChI is InChI=1S/C14H18BrN3O2/c1-4-17-8-18(7-13(17)19)14(20)16-12-6-11(15)9(2)5-10(12)3/h5-6H,4,7-8H2,1-3H3,(H,16,20). The van der Waals surface area contributed by atoms with Gasteiger partial charge in [-0.1, -0.05) is 22.0 Å². The molecule has 0 spiro atoms. The van der Waals surface area contributed by atoms with Gasteiger partial charge in [0.05, 0.1) is 6.67 Å². The maximum absolute atomic E-state index is 12.2. The van der Waals surface area contributed by atoms with E-state index in [2.05, 4.69) is 21.2 Å². The number of amides is 3. The summed E-state index contributed by atoms with van der Waals surface area (Å²) in [5.74, 6) is -0.00976.